The molecule has 3 aromatic rings. The molecule has 0 atom stereocenters. The molecule has 1 saturated carbocycles. The molecule has 1 aliphatic rings. The van der Waals surface area contributed by atoms with Gasteiger partial charge in [-0.25, -0.2) is 4.79 Å². The van der Waals surface area contributed by atoms with Crippen molar-refractivity contribution < 1.29 is 14.6 Å². The molecule has 3 nitrogen and oxygen atoms in total. The first kappa shape index (κ1) is 30.8. The second kappa shape index (κ2) is 15.2. The molecule has 41 heavy (non-hydrogen) atoms. The fourth-order valence-corrected chi connectivity index (χ4v) is 6.32. The van der Waals surface area contributed by atoms with Crippen molar-refractivity contribution in [2.75, 3.05) is 6.61 Å². The summed E-state index contributed by atoms with van der Waals surface area (Å²) in [4.78, 5) is 12.3. The molecule has 1 N–H and O–H groups in total. The van der Waals surface area contributed by atoms with Crippen molar-refractivity contribution in [3.05, 3.63) is 95.1 Å². The van der Waals surface area contributed by atoms with Crippen LogP contribution in [0.15, 0.2) is 72.8 Å². The molecule has 1 fully saturated rings. The highest BCUT2D eigenvalue weighted by atomic mass is 16.5. The van der Waals surface area contributed by atoms with Gasteiger partial charge >= 0.3 is 5.97 Å². The lowest BCUT2D eigenvalue weighted by Crippen LogP contribution is -2.13. The van der Waals surface area contributed by atoms with Gasteiger partial charge in [-0.3, -0.25) is 0 Å². The first-order chi connectivity index (χ1) is 19.9. The fraction of sp³-hybridized carbons (Fsp3) is 0.447. The van der Waals surface area contributed by atoms with Gasteiger partial charge in [-0.05, 0) is 108 Å². The lowest BCUT2D eigenvalue weighted by atomic mass is 9.76. The summed E-state index contributed by atoms with van der Waals surface area (Å²) in [5.74, 6) is 1.22. The van der Waals surface area contributed by atoms with E-state index in [0.29, 0.717) is 17.9 Å². The normalized spacial score (nSPS) is 16.9. The number of aryl methyl sites for hydroxylation is 1. The van der Waals surface area contributed by atoms with Gasteiger partial charge < -0.3 is 9.84 Å². The average Bonchev–Trinajstić information content (AvgIpc) is 3.00. The van der Waals surface area contributed by atoms with Gasteiger partial charge in [-0.1, -0.05) is 101 Å². The molecule has 0 saturated heterocycles. The van der Waals surface area contributed by atoms with Gasteiger partial charge in [0, 0.05) is 12.2 Å². The first-order valence-electron chi connectivity index (χ1n) is 15.7. The minimum absolute atomic E-state index is 0.134. The van der Waals surface area contributed by atoms with Crippen LogP contribution in [0, 0.1) is 5.92 Å². The Bertz CT molecular complexity index is 1300. The van der Waals surface area contributed by atoms with E-state index in [1.54, 1.807) is 6.92 Å². The van der Waals surface area contributed by atoms with Crippen LogP contribution in [-0.2, 0) is 29.0 Å². The highest BCUT2D eigenvalue weighted by Crippen LogP contribution is 2.40. The standard InChI is InChI=1S/C38H48O3/c1-5-7-8-9-28-10-14-31(15-11-28)33-18-20-36(30(6-2)24-33)34-19-21-37(32-16-12-29(13-17-32)22-23-39)35(25-34)26-41-38(40)27(3)4/h12-13,16-21,24-25,28,31,39H,3,5-11,14-15,22-23,26H2,1-2,4H3. The third-order valence-corrected chi connectivity index (χ3v) is 8.83. The van der Waals surface area contributed by atoms with Crippen molar-refractivity contribution in [3.8, 4) is 22.3 Å². The third-order valence-electron chi connectivity index (χ3n) is 8.83. The predicted molar refractivity (Wildman–Crippen MR) is 171 cm³/mol. The van der Waals surface area contributed by atoms with Crippen LogP contribution < -0.4 is 0 Å². The summed E-state index contributed by atoms with van der Waals surface area (Å²) >= 11 is 0. The zero-order valence-corrected chi connectivity index (χ0v) is 25.4. The number of unbranched alkanes of at least 4 members (excludes halogenated alkanes) is 2. The van der Waals surface area contributed by atoms with Crippen molar-refractivity contribution >= 4 is 5.97 Å². The van der Waals surface area contributed by atoms with E-state index in [1.165, 1.54) is 68.1 Å². The minimum Gasteiger partial charge on any atom is -0.457 e. The van der Waals surface area contributed by atoms with Crippen LogP contribution in [0.1, 0.15) is 100 Å². The van der Waals surface area contributed by atoms with Crippen molar-refractivity contribution in [2.24, 2.45) is 5.92 Å². The third kappa shape index (κ3) is 8.20. The summed E-state index contributed by atoms with van der Waals surface area (Å²) in [6.45, 7) is 10.3. The number of aliphatic hydroxyl groups is 1. The van der Waals surface area contributed by atoms with Crippen molar-refractivity contribution in [1.82, 2.24) is 0 Å². The molecular weight excluding hydrogens is 504 g/mol. The Morgan fingerprint density at radius 3 is 2.22 bits per heavy atom. The predicted octanol–water partition coefficient (Wildman–Crippen LogP) is 9.59. The number of rotatable bonds is 13. The number of ether oxygens (including phenoxy) is 1. The Kier molecular flexibility index (Phi) is 11.4. The quantitative estimate of drug-likeness (QED) is 0.130. The van der Waals surface area contributed by atoms with Gasteiger partial charge in [0.05, 0.1) is 0 Å². The summed E-state index contributed by atoms with van der Waals surface area (Å²) in [6, 6.07) is 21.9. The van der Waals surface area contributed by atoms with E-state index in [1.807, 2.05) is 0 Å². The van der Waals surface area contributed by atoms with E-state index in [0.717, 1.165) is 40.2 Å². The fourth-order valence-electron chi connectivity index (χ4n) is 6.32. The molecule has 0 amide bonds. The van der Waals surface area contributed by atoms with Crippen LogP contribution in [0.2, 0.25) is 0 Å². The van der Waals surface area contributed by atoms with E-state index in [-0.39, 0.29) is 19.2 Å². The van der Waals surface area contributed by atoms with Gasteiger partial charge in [0.2, 0.25) is 0 Å². The minimum atomic E-state index is -0.377. The van der Waals surface area contributed by atoms with Crippen LogP contribution in [0.3, 0.4) is 0 Å². The van der Waals surface area contributed by atoms with Crippen molar-refractivity contribution in [1.29, 1.82) is 0 Å². The van der Waals surface area contributed by atoms with Crippen LogP contribution in [0.5, 0.6) is 0 Å². The lowest BCUT2D eigenvalue weighted by Gasteiger charge is -2.29. The molecule has 0 radical (unpaired) electrons. The Labute approximate surface area is 247 Å². The molecule has 3 heteroatoms. The molecule has 3 aromatic carbocycles. The molecule has 218 valence electrons. The molecular formula is C38H48O3. The maximum atomic E-state index is 12.3. The monoisotopic (exact) mass is 552 g/mol. The summed E-state index contributed by atoms with van der Waals surface area (Å²) in [6.07, 6.45) is 12.4. The topological polar surface area (TPSA) is 46.5 Å². The second-order valence-corrected chi connectivity index (χ2v) is 11.9. The van der Waals surface area contributed by atoms with Gasteiger partial charge in [0.25, 0.3) is 0 Å². The molecule has 0 aromatic heterocycles. The van der Waals surface area contributed by atoms with E-state index < -0.39 is 0 Å². The van der Waals surface area contributed by atoms with Crippen molar-refractivity contribution in [3.63, 3.8) is 0 Å². The average molecular weight is 553 g/mol. The van der Waals surface area contributed by atoms with E-state index in [2.05, 4.69) is 81.1 Å². The first-order valence-corrected chi connectivity index (χ1v) is 15.7. The molecule has 0 aliphatic heterocycles. The molecule has 0 bridgehead atoms. The largest absolute Gasteiger partial charge is 0.457 e. The smallest absolute Gasteiger partial charge is 0.333 e. The summed E-state index contributed by atoms with van der Waals surface area (Å²) < 4.78 is 5.63. The second-order valence-electron chi connectivity index (χ2n) is 11.9. The summed E-state index contributed by atoms with van der Waals surface area (Å²) in [5.41, 5.74) is 9.85. The number of benzene rings is 3. The van der Waals surface area contributed by atoms with E-state index in [4.69, 9.17) is 4.74 Å². The van der Waals surface area contributed by atoms with Crippen molar-refractivity contribution in [2.45, 2.75) is 97.5 Å². The number of carbonyl (C=O) groups excluding carboxylic acids is 1. The van der Waals surface area contributed by atoms with E-state index in [9.17, 15) is 9.90 Å². The maximum absolute atomic E-state index is 12.3. The highest BCUT2D eigenvalue weighted by Gasteiger charge is 2.23. The Hall–Kier alpha value is -3.17. The van der Waals surface area contributed by atoms with Gasteiger partial charge in [0.15, 0.2) is 0 Å². The number of hydrogen-bond donors (Lipinski definition) is 1. The van der Waals surface area contributed by atoms with Gasteiger partial charge in [-0.15, -0.1) is 0 Å². The SMILES string of the molecule is C=C(C)C(=O)OCc1cc(-c2ccc(C3CCC(CCCCC)CC3)cc2CC)ccc1-c1ccc(CCO)cc1. The van der Waals surface area contributed by atoms with E-state index >= 15 is 0 Å². The van der Waals surface area contributed by atoms with Crippen LogP contribution >= 0.6 is 0 Å². The number of carbonyl (C=O) groups is 1. The maximum Gasteiger partial charge on any atom is 0.333 e. The Balaban J connectivity index is 1.58. The van der Waals surface area contributed by atoms with Crippen LogP contribution in [0.25, 0.3) is 22.3 Å². The van der Waals surface area contributed by atoms with Gasteiger partial charge in [0.1, 0.15) is 6.61 Å². The lowest BCUT2D eigenvalue weighted by molar-refractivity contribution is -0.140. The van der Waals surface area contributed by atoms with Crippen LogP contribution in [0.4, 0.5) is 0 Å². The molecule has 4 rings (SSSR count). The number of esters is 1. The zero-order chi connectivity index (χ0) is 29.2. The molecule has 1 aliphatic carbocycles. The summed E-state index contributed by atoms with van der Waals surface area (Å²) in [7, 11) is 0. The summed E-state index contributed by atoms with van der Waals surface area (Å²) in [5, 5.41) is 9.28. The Morgan fingerprint density at radius 1 is 0.878 bits per heavy atom. The molecule has 0 spiro atoms. The molecule has 0 unspecified atom stereocenters. The van der Waals surface area contributed by atoms with Gasteiger partial charge in [-0.2, -0.15) is 0 Å². The highest BCUT2D eigenvalue weighted by molar-refractivity contribution is 5.87. The zero-order valence-electron chi connectivity index (χ0n) is 25.4. The Morgan fingerprint density at radius 2 is 1.56 bits per heavy atom. The molecule has 0 heterocycles. The van der Waals surface area contributed by atoms with Crippen LogP contribution in [-0.4, -0.2) is 17.7 Å². The number of hydrogen-bond acceptors (Lipinski definition) is 3. The number of aliphatic hydroxyl groups excluding tert-OH is 1.